The number of nitrogens with one attached hydrogen (secondary N) is 2. The van der Waals surface area contributed by atoms with Crippen LogP contribution in [0.3, 0.4) is 0 Å². The number of anilines is 1. The number of aliphatic carboxylic acids is 1. The Balaban J connectivity index is 1.43. The molecular formula is C24H30N4O5S. The molecule has 0 aliphatic carbocycles. The van der Waals surface area contributed by atoms with Crippen LogP contribution >= 0.6 is 12.2 Å². The molecule has 1 saturated heterocycles. The Hall–Kier alpha value is -3.40. The summed E-state index contributed by atoms with van der Waals surface area (Å²) in [5.74, 6) is 0.0311. The molecule has 0 radical (unpaired) electrons. The van der Waals surface area contributed by atoms with Gasteiger partial charge in [0.15, 0.2) is 5.11 Å². The van der Waals surface area contributed by atoms with Crippen LogP contribution in [0.5, 0.6) is 11.6 Å². The molecule has 1 aliphatic heterocycles. The van der Waals surface area contributed by atoms with E-state index in [1.54, 1.807) is 47.5 Å². The van der Waals surface area contributed by atoms with Gasteiger partial charge in [-0.3, -0.25) is 4.79 Å². The summed E-state index contributed by atoms with van der Waals surface area (Å²) in [6.07, 6.45) is 2.40. The summed E-state index contributed by atoms with van der Waals surface area (Å²) >= 11 is 5.27. The number of aromatic nitrogens is 1. The number of piperidine rings is 1. The maximum Gasteiger partial charge on any atom is 0.416 e. The Kier molecular flexibility index (Phi) is 8.27. The second kappa shape index (κ2) is 11.1. The molecule has 1 aliphatic rings. The van der Waals surface area contributed by atoms with Gasteiger partial charge in [-0.2, -0.15) is 0 Å². The molecule has 0 atom stereocenters. The number of carbonyl (C=O) groups excluding carboxylic acids is 1. The average Bonchev–Trinajstić information content (AvgIpc) is 2.75. The van der Waals surface area contributed by atoms with Crippen LogP contribution in [0.4, 0.5) is 10.5 Å². The molecule has 1 aromatic heterocycles. The summed E-state index contributed by atoms with van der Waals surface area (Å²) in [4.78, 5) is 29.1. The van der Waals surface area contributed by atoms with E-state index < -0.39 is 12.1 Å². The van der Waals surface area contributed by atoms with Crippen molar-refractivity contribution in [2.75, 3.05) is 18.4 Å². The highest BCUT2D eigenvalue weighted by Crippen LogP contribution is 2.21. The van der Waals surface area contributed by atoms with Crippen LogP contribution in [0.25, 0.3) is 0 Å². The summed E-state index contributed by atoms with van der Waals surface area (Å²) in [7, 11) is 0. The van der Waals surface area contributed by atoms with Crippen molar-refractivity contribution in [1.82, 2.24) is 15.2 Å². The number of carboxylic acids is 1. The van der Waals surface area contributed by atoms with Crippen molar-refractivity contribution in [2.45, 2.75) is 51.7 Å². The van der Waals surface area contributed by atoms with Crippen molar-refractivity contribution in [3.63, 3.8) is 0 Å². The molecule has 0 saturated carbocycles. The molecule has 2 aromatic rings. The van der Waals surface area contributed by atoms with Crippen molar-refractivity contribution < 1.29 is 24.2 Å². The lowest BCUT2D eigenvalue weighted by Gasteiger charge is -2.31. The lowest BCUT2D eigenvalue weighted by atomic mass is 10.1. The van der Waals surface area contributed by atoms with Gasteiger partial charge in [-0.25, -0.2) is 9.78 Å². The molecule has 3 N–H and O–H groups in total. The molecule has 1 fully saturated rings. The third kappa shape index (κ3) is 8.18. The van der Waals surface area contributed by atoms with Gasteiger partial charge in [0.25, 0.3) is 0 Å². The summed E-state index contributed by atoms with van der Waals surface area (Å²) in [5, 5.41) is 15.5. The third-order valence-electron chi connectivity index (χ3n) is 4.96. The fraction of sp³-hybridized carbons (Fsp3) is 0.417. The molecule has 2 heterocycles. The number of rotatable bonds is 6. The van der Waals surface area contributed by atoms with Gasteiger partial charge in [0, 0.05) is 37.5 Å². The van der Waals surface area contributed by atoms with E-state index in [2.05, 4.69) is 15.6 Å². The second-order valence-electron chi connectivity index (χ2n) is 9.10. The quantitative estimate of drug-likeness (QED) is 0.524. The molecule has 34 heavy (non-hydrogen) atoms. The van der Waals surface area contributed by atoms with Crippen LogP contribution in [0.2, 0.25) is 0 Å². The van der Waals surface area contributed by atoms with E-state index >= 15 is 0 Å². The van der Waals surface area contributed by atoms with Gasteiger partial charge in [0.05, 0.1) is 18.3 Å². The standard InChI is InChI=1S/C24H30N4O5S/c1-24(2,3)27-22(34)26-17-6-9-20(25-15-17)33-23(31)28-12-10-19(11-13-28)32-18-7-4-16(5-8-18)14-21(29)30/h4-9,15,19H,10-14H2,1-3H3,(H,29,30)(H2,26,27,34). The number of carbonyl (C=O) groups is 2. The number of amides is 1. The first-order chi connectivity index (χ1) is 16.1. The molecule has 1 amide bonds. The lowest BCUT2D eigenvalue weighted by Crippen LogP contribution is -2.43. The number of likely N-dealkylation sites (tertiary alicyclic amines) is 1. The van der Waals surface area contributed by atoms with E-state index in [-0.39, 0.29) is 23.9 Å². The van der Waals surface area contributed by atoms with Crippen LogP contribution < -0.4 is 20.1 Å². The first kappa shape index (κ1) is 25.2. The molecule has 0 spiro atoms. The van der Waals surface area contributed by atoms with E-state index in [9.17, 15) is 9.59 Å². The van der Waals surface area contributed by atoms with Gasteiger partial charge in [0.2, 0.25) is 5.88 Å². The number of pyridine rings is 1. The smallest absolute Gasteiger partial charge is 0.416 e. The normalized spacial score (nSPS) is 14.3. The van der Waals surface area contributed by atoms with Gasteiger partial charge < -0.3 is 30.1 Å². The van der Waals surface area contributed by atoms with E-state index in [1.807, 2.05) is 20.8 Å². The van der Waals surface area contributed by atoms with Crippen LogP contribution in [-0.4, -0.2) is 56.9 Å². The maximum absolute atomic E-state index is 12.5. The number of hydrogen-bond acceptors (Lipinski definition) is 6. The summed E-state index contributed by atoms with van der Waals surface area (Å²) in [5.41, 5.74) is 1.26. The van der Waals surface area contributed by atoms with E-state index in [1.165, 1.54) is 0 Å². The Morgan fingerprint density at radius 3 is 2.38 bits per heavy atom. The number of hydrogen-bond donors (Lipinski definition) is 3. The number of benzene rings is 1. The Bertz CT molecular complexity index is 998. The first-order valence-corrected chi connectivity index (χ1v) is 11.5. The monoisotopic (exact) mass is 486 g/mol. The summed E-state index contributed by atoms with van der Waals surface area (Å²) in [6.45, 7) is 7.05. The third-order valence-corrected chi connectivity index (χ3v) is 5.16. The molecule has 182 valence electrons. The van der Waals surface area contributed by atoms with Crippen molar-refractivity contribution in [1.29, 1.82) is 0 Å². The minimum Gasteiger partial charge on any atom is -0.490 e. The number of thiocarbonyl (C=S) groups is 1. The van der Waals surface area contributed by atoms with Crippen LogP contribution in [-0.2, 0) is 11.2 Å². The maximum atomic E-state index is 12.5. The predicted octanol–water partition coefficient (Wildman–Crippen LogP) is 3.84. The largest absolute Gasteiger partial charge is 0.490 e. The summed E-state index contributed by atoms with van der Waals surface area (Å²) < 4.78 is 11.4. The van der Waals surface area contributed by atoms with Crippen molar-refractivity contribution >= 4 is 35.1 Å². The molecule has 1 aromatic carbocycles. The highest BCUT2D eigenvalue weighted by molar-refractivity contribution is 7.80. The highest BCUT2D eigenvalue weighted by atomic mass is 32.1. The number of nitrogens with zero attached hydrogens (tertiary/aromatic N) is 2. The van der Waals surface area contributed by atoms with Crippen LogP contribution in [0.1, 0.15) is 39.2 Å². The average molecular weight is 487 g/mol. The molecular weight excluding hydrogens is 456 g/mol. The van der Waals surface area contributed by atoms with Gasteiger partial charge in [0.1, 0.15) is 11.9 Å². The molecule has 10 heteroatoms. The molecule has 0 unspecified atom stereocenters. The van der Waals surface area contributed by atoms with Gasteiger partial charge >= 0.3 is 12.1 Å². The second-order valence-corrected chi connectivity index (χ2v) is 9.51. The molecule has 3 rings (SSSR count). The zero-order chi connectivity index (χ0) is 24.7. The van der Waals surface area contributed by atoms with Gasteiger partial charge in [-0.15, -0.1) is 0 Å². The van der Waals surface area contributed by atoms with Crippen LogP contribution in [0, 0.1) is 0 Å². The Labute approximate surface area is 204 Å². The van der Waals surface area contributed by atoms with E-state index in [4.69, 9.17) is 26.8 Å². The Morgan fingerprint density at radius 2 is 1.82 bits per heavy atom. The predicted molar refractivity (Wildman–Crippen MR) is 132 cm³/mol. The minimum absolute atomic E-state index is 0.0171. The molecule has 9 nitrogen and oxygen atoms in total. The highest BCUT2D eigenvalue weighted by Gasteiger charge is 2.25. The van der Waals surface area contributed by atoms with E-state index in [0.29, 0.717) is 42.5 Å². The van der Waals surface area contributed by atoms with Crippen molar-refractivity contribution in [3.05, 3.63) is 48.2 Å². The fourth-order valence-electron chi connectivity index (χ4n) is 3.38. The first-order valence-electron chi connectivity index (χ1n) is 11.1. The Morgan fingerprint density at radius 1 is 1.15 bits per heavy atom. The SMILES string of the molecule is CC(C)(C)NC(=S)Nc1ccc(OC(=O)N2CCC(Oc3ccc(CC(=O)O)cc3)CC2)nc1. The van der Waals surface area contributed by atoms with Crippen LogP contribution in [0.15, 0.2) is 42.6 Å². The zero-order valence-electron chi connectivity index (χ0n) is 19.5. The van der Waals surface area contributed by atoms with E-state index in [0.717, 1.165) is 5.56 Å². The van der Waals surface area contributed by atoms with Crippen molar-refractivity contribution in [3.8, 4) is 11.6 Å². The molecule has 0 bridgehead atoms. The topological polar surface area (TPSA) is 113 Å². The van der Waals surface area contributed by atoms with Gasteiger partial charge in [-0.05, 0) is 56.8 Å². The summed E-state index contributed by atoms with van der Waals surface area (Å²) in [6, 6.07) is 10.4. The van der Waals surface area contributed by atoms with Crippen molar-refractivity contribution in [2.24, 2.45) is 0 Å². The number of ether oxygens (including phenoxy) is 2. The lowest BCUT2D eigenvalue weighted by molar-refractivity contribution is -0.136. The number of carboxylic acid groups (broad SMARTS) is 1. The fourth-order valence-corrected chi connectivity index (χ4v) is 3.80. The zero-order valence-corrected chi connectivity index (χ0v) is 20.4. The van der Waals surface area contributed by atoms with Gasteiger partial charge in [-0.1, -0.05) is 12.1 Å². The minimum atomic E-state index is -0.867.